The van der Waals surface area contributed by atoms with E-state index in [1.165, 1.54) is 0 Å². The summed E-state index contributed by atoms with van der Waals surface area (Å²) in [5, 5.41) is 10.4. The zero-order chi connectivity index (χ0) is 16.7. The molecule has 0 aromatic heterocycles. The fourth-order valence-corrected chi connectivity index (χ4v) is 4.27. The molecule has 1 aliphatic carbocycles. The summed E-state index contributed by atoms with van der Waals surface area (Å²) >= 11 is 0. The first kappa shape index (κ1) is 15.6. The third-order valence-corrected chi connectivity index (χ3v) is 5.67. The Kier molecular flexibility index (Phi) is 4.04. The highest BCUT2D eigenvalue weighted by Crippen LogP contribution is 2.39. The van der Waals surface area contributed by atoms with Crippen LogP contribution in [0.2, 0.25) is 0 Å². The third kappa shape index (κ3) is 2.81. The van der Waals surface area contributed by atoms with Crippen LogP contribution in [0.15, 0.2) is 30.3 Å². The smallest absolute Gasteiger partial charge is 0.256 e. The standard InChI is InChI=1S/C19H24N2O3/c22-17-9-6-14-12-20(11-10-16(14)21(17)15-7-8-15)19(24)18(23)13-4-2-1-3-5-13/h1-5,14-16,18,23H,6-12H2. The van der Waals surface area contributed by atoms with Gasteiger partial charge in [-0.3, -0.25) is 9.59 Å². The van der Waals surface area contributed by atoms with Gasteiger partial charge in [-0.05, 0) is 37.2 Å². The maximum Gasteiger partial charge on any atom is 0.256 e. The topological polar surface area (TPSA) is 60.9 Å². The van der Waals surface area contributed by atoms with Gasteiger partial charge in [-0.15, -0.1) is 0 Å². The summed E-state index contributed by atoms with van der Waals surface area (Å²) < 4.78 is 0. The van der Waals surface area contributed by atoms with Gasteiger partial charge in [-0.25, -0.2) is 0 Å². The van der Waals surface area contributed by atoms with Crippen LogP contribution in [-0.2, 0) is 9.59 Å². The number of fused-ring (bicyclic) bond motifs is 1. The van der Waals surface area contributed by atoms with Crippen molar-refractivity contribution in [1.29, 1.82) is 0 Å². The monoisotopic (exact) mass is 328 g/mol. The Bertz CT molecular complexity index is 629. The van der Waals surface area contributed by atoms with E-state index >= 15 is 0 Å². The van der Waals surface area contributed by atoms with Crippen molar-refractivity contribution in [3.8, 4) is 0 Å². The van der Waals surface area contributed by atoms with Gasteiger partial charge < -0.3 is 14.9 Å². The number of benzene rings is 1. The normalized spacial score (nSPS) is 28.5. The second-order valence-electron chi connectivity index (χ2n) is 7.28. The molecule has 1 saturated carbocycles. The van der Waals surface area contributed by atoms with Gasteiger partial charge in [0.15, 0.2) is 6.10 Å². The average Bonchev–Trinajstić information content (AvgIpc) is 3.45. The molecule has 1 N–H and O–H groups in total. The van der Waals surface area contributed by atoms with Gasteiger partial charge in [-0.1, -0.05) is 30.3 Å². The van der Waals surface area contributed by atoms with E-state index in [0.29, 0.717) is 42.9 Å². The number of carbonyl (C=O) groups is 2. The molecule has 0 radical (unpaired) electrons. The molecule has 5 heteroatoms. The Hall–Kier alpha value is -1.88. The highest BCUT2D eigenvalue weighted by atomic mass is 16.3. The van der Waals surface area contributed by atoms with Gasteiger partial charge in [0.25, 0.3) is 5.91 Å². The van der Waals surface area contributed by atoms with Crippen LogP contribution in [0.1, 0.15) is 43.8 Å². The molecule has 0 bridgehead atoms. The van der Waals surface area contributed by atoms with E-state index in [1.807, 2.05) is 18.2 Å². The molecule has 24 heavy (non-hydrogen) atoms. The molecule has 2 saturated heterocycles. The zero-order valence-electron chi connectivity index (χ0n) is 13.8. The predicted octanol–water partition coefficient (Wildman–Crippen LogP) is 1.72. The molecule has 3 aliphatic rings. The lowest BCUT2D eigenvalue weighted by molar-refractivity contribution is -0.149. The largest absolute Gasteiger partial charge is 0.378 e. The van der Waals surface area contributed by atoms with Crippen molar-refractivity contribution in [3.05, 3.63) is 35.9 Å². The van der Waals surface area contributed by atoms with Crippen LogP contribution >= 0.6 is 0 Å². The first-order valence-corrected chi connectivity index (χ1v) is 8.98. The van der Waals surface area contributed by atoms with Crippen molar-refractivity contribution in [1.82, 2.24) is 9.80 Å². The minimum Gasteiger partial charge on any atom is -0.378 e. The van der Waals surface area contributed by atoms with Crippen LogP contribution in [0.3, 0.4) is 0 Å². The van der Waals surface area contributed by atoms with Gasteiger partial charge in [-0.2, -0.15) is 0 Å². The molecule has 2 heterocycles. The third-order valence-electron chi connectivity index (χ3n) is 5.67. The van der Waals surface area contributed by atoms with Crippen LogP contribution in [0.5, 0.6) is 0 Å². The number of carbonyl (C=O) groups excluding carboxylic acids is 2. The number of hydrogen-bond acceptors (Lipinski definition) is 3. The number of likely N-dealkylation sites (tertiary alicyclic amines) is 2. The van der Waals surface area contributed by atoms with Gasteiger partial charge >= 0.3 is 0 Å². The van der Waals surface area contributed by atoms with E-state index < -0.39 is 6.10 Å². The Balaban J connectivity index is 1.44. The first-order valence-electron chi connectivity index (χ1n) is 8.98. The number of rotatable bonds is 3. The van der Waals surface area contributed by atoms with Crippen LogP contribution in [0, 0.1) is 5.92 Å². The highest BCUT2D eigenvalue weighted by molar-refractivity contribution is 5.82. The first-order chi connectivity index (χ1) is 11.6. The Morgan fingerprint density at radius 1 is 1.12 bits per heavy atom. The molecule has 0 spiro atoms. The maximum atomic E-state index is 12.7. The van der Waals surface area contributed by atoms with E-state index in [9.17, 15) is 14.7 Å². The minimum absolute atomic E-state index is 0.213. The lowest BCUT2D eigenvalue weighted by Gasteiger charge is -2.47. The van der Waals surface area contributed by atoms with E-state index in [2.05, 4.69) is 4.90 Å². The molecule has 3 fully saturated rings. The molecular formula is C19H24N2O3. The number of aliphatic hydroxyl groups excluding tert-OH is 1. The molecule has 1 aromatic rings. The summed E-state index contributed by atoms with van der Waals surface area (Å²) in [6.07, 6.45) is 3.46. The fourth-order valence-electron chi connectivity index (χ4n) is 4.27. The number of piperidine rings is 2. The summed E-state index contributed by atoms with van der Waals surface area (Å²) in [6, 6.07) is 9.83. The Morgan fingerprint density at radius 3 is 2.58 bits per heavy atom. The van der Waals surface area contributed by atoms with Gasteiger partial charge in [0.2, 0.25) is 5.91 Å². The van der Waals surface area contributed by atoms with Crippen molar-refractivity contribution in [3.63, 3.8) is 0 Å². The molecule has 5 nitrogen and oxygen atoms in total. The average molecular weight is 328 g/mol. The molecule has 1 aromatic carbocycles. The van der Waals surface area contributed by atoms with Gasteiger partial charge in [0.1, 0.15) is 0 Å². The van der Waals surface area contributed by atoms with Crippen LogP contribution in [0.25, 0.3) is 0 Å². The van der Waals surface area contributed by atoms with E-state index in [0.717, 1.165) is 25.7 Å². The zero-order valence-corrected chi connectivity index (χ0v) is 13.8. The number of nitrogens with zero attached hydrogens (tertiary/aromatic N) is 2. The van der Waals surface area contributed by atoms with Crippen LogP contribution < -0.4 is 0 Å². The number of aliphatic hydroxyl groups is 1. The minimum atomic E-state index is -1.09. The summed E-state index contributed by atoms with van der Waals surface area (Å²) in [5.74, 6) is 0.432. The van der Waals surface area contributed by atoms with Crippen molar-refractivity contribution in [2.75, 3.05) is 13.1 Å². The Morgan fingerprint density at radius 2 is 1.88 bits per heavy atom. The summed E-state index contributed by atoms with van der Waals surface area (Å²) in [6.45, 7) is 1.28. The molecule has 2 amide bonds. The lowest BCUT2D eigenvalue weighted by atomic mass is 9.83. The van der Waals surface area contributed by atoms with Crippen LogP contribution in [-0.4, -0.2) is 51.9 Å². The SMILES string of the molecule is O=C(C(O)c1ccccc1)N1CCC2C(CCC(=O)N2C2CC2)C1. The van der Waals surface area contributed by atoms with E-state index in [4.69, 9.17) is 0 Å². The molecule has 3 atom stereocenters. The van der Waals surface area contributed by atoms with Crippen molar-refractivity contribution < 1.29 is 14.7 Å². The van der Waals surface area contributed by atoms with Gasteiger partial charge in [0.05, 0.1) is 0 Å². The molecule has 4 rings (SSSR count). The fraction of sp³-hybridized carbons (Fsp3) is 0.579. The summed E-state index contributed by atoms with van der Waals surface area (Å²) in [4.78, 5) is 28.8. The molecule has 3 unspecified atom stereocenters. The lowest BCUT2D eigenvalue weighted by Crippen LogP contribution is -2.58. The number of amides is 2. The molecule has 128 valence electrons. The van der Waals surface area contributed by atoms with E-state index in [-0.39, 0.29) is 11.9 Å². The van der Waals surface area contributed by atoms with Crippen molar-refractivity contribution >= 4 is 11.8 Å². The van der Waals surface area contributed by atoms with Crippen LogP contribution in [0.4, 0.5) is 0 Å². The number of hydrogen-bond donors (Lipinski definition) is 1. The van der Waals surface area contributed by atoms with Crippen molar-refractivity contribution in [2.45, 2.75) is 50.3 Å². The Labute approximate surface area is 142 Å². The molecule has 2 aliphatic heterocycles. The van der Waals surface area contributed by atoms with E-state index in [1.54, 1.807) is 17.0 Å². The summed E-state index contributed by atoms with van der Waals surface area (Å²) in [7, 11) is 0. The van der Waals surface area contributed by atoms with Crippen molar-refractivity contribution in [2.24, 2.45) is 5.92 Å². The predicted molar refractivity (Wildman–Crippen MR) is 89.0 cm³/mol. The maximum absolute atomic E-state index is 12.7. The van der Waals surface area contributed by atoms with Gasteiger partial charge in [0, 0.05) is 31.6 Å². The second kappa shape index (κ2) is 6.20. The highest BCUT2D eigenvalue weighted by Gasteiger charge is 2.46. The second-order valence-corrected chi connectivity index (χ2v) is 7.28. The summed E-state index contributed by atoms with van der Waals surface area (Å²) in [5.41, 5.74) is 0.642. The quantitative estimate of drug-likeness (QED) is 0.919. The molecular weight excluding hydrogens is 304 g/mol.